The van der Waals surface area contributed by atoms with Crippen LogP contribution in [0.3, 0.4) is 0 Å². The fourth-order valence-corrected chi connectivity index (χ4v) is 3.54. The minimum absolute atomic E-state index is 0.222. The molecular weight excluding hydrogens is 333 g/mol. The molecule has 26 heavy (non-hydrogen) atoms. The van der Waals surface area contributed by atoms with Crippen molar-refractivity contribution in [2.75, 3.05) is 0 Å². The molecule has 0 atom stereocenters. The van der Waals surface area contributed by atoms with Gasteiger partial charge in [-0.25, -0.2) is 9.18 Å². The van der Waals surface area contributed by atoms with Gasteiger partial charge >= 0.3 is 5.97 Å². The molecule has 0 saturated carbocycles. The minimum atomic E-state index is -1.01. The Morgan fingerprint density at radius 1 is 1.08 bits per heavy atom. The van der Waals surface area contributed by atoms with E-state index in [9.17, 15) is 19.1 Å². The molecule has 0 unspecified atom stereocenters. The number of carbonyl (C=O) groups excluding carboxylic acids is 1. The molecule has 2 aliphatic rings. The third-order valence-electron chi connectivity index (χ3n) is 5.03. The molecule has 1 aromatic rings. The molecule has 5 heteroatoms. The van der Waals surface area contributed by atoms with Crippen molar-refractivity contribution < 1.29 is 19.1 Å². The fourth-order valence-electron chi connectivity index (χ4n) is 3.54. The number of rotatable bonds is 4. The van der Waals surface area contributed by atoms with Crippen LogP contribution in [0.1, 0.15) is 45.1 Å². The first-order chi connectivity index (χ1) is 12.3. The lowest BCUT2D eigenvalue weighted by Gasteiger charge is -2.32. The summed E-state index contributed by atoms with van der Waals surface area (Å²) >= 11 is 0. The van der Waals surface area contributed by atoms with E-state index in [2.05, 4.69) is 5.32 Å². The molecule has 3 rings (SSSR count). The van der Waals surface area contributed by atoms with Gasteiger partial charge in [-0.15, -0.1) is 0 Å². The van der Waals surface area contributed by atoms with Crippen LogP contribution in [-0.4, -0.2) is 17.0 Å². The van der Waals surface area contributed by atoms with E-state index < -0.39 is 5.97 Å². The topological polar surface area (TPSA) is 66.4 Å². The van der Waals surface area contributed by atoms with Gasteiger partial charge in [0.2, 0.25) is 0 Å². The zero-order valence-electron chi connectivity index (χ0n) is 14.9. The van der Waals surface area contributed by atoms with Crippen LogP contribution < -0.4 is 5.32 Å². The Bertz CT molecular complexity index is 845. The van der Waals surface area contributed by atoms with E-state index >= 15 is 0 Å². The van der Waals surface area contributed by atoms with Crippen LogP contribution in [-0.2, 0) is 9.59 Å². The number of carbonyl (C=O) groups is 2. The molecule has 0 radical (unpaired) electrons. The maximum absolute atomic E-state index is 13.1. The van der Waals surface area contributed by atoms with Crippen molar-refractivity contribution in [3.63, 3.8) is 0 Å². The molecule has 0 spiro atoms. The summed E-state index contributed by atoms with van der Waals surface area (Å²) in [6.07, 6.45) is 6.11. The molecule has 4 nitrogen and oxygen atoms in total. The molecule has 136 valence electrons. The molecule has 1 aromatic carbocycles. The standard InChI is InChI=1S/C21H22FNO3/c1-21(2)12-14(13-6-9-15(22)10-7-13)8-11-18(21)23-19(24)16-4-3-5-17(16)20(25)26/h6-11H,3-5,12H2,1-2H3,(H,23,24)(H,25,26). The van der Waals surface area contributed by atoms with Gasteiger partial charge < -0.3 is 10.4 Å². The lowest BCUT2D eigenvalue weighted by molar-refractivity contribution is -0.133. The third-order valence-corrected chi connectivity index (χ3v) is 5.03. The highest BCUT2D eigenvalue weighted by molar-refractivity contribution is 6.03. The fraction of sp³-hybridized carbons (Fsp3) is 0.333. The van der Waals surface area contributed by atoms with Gasteiger partial charge in [0.05, 0.1) is 0 Å². The number of allylic oxidation sites excluding steroid dienone is 4. The number of benzene rings is 1. The molecule has 0 heterocycles. The summed E-state index contributed by atoms with van der Waals surface area (Å²) in [6, 6.07) is 6.36. The minimum Gasteiger partial charge on any atom is -0.478 e. The van der Waals surface area contributed by atoms with Crippen molar-refractivity contribution in [2.24, 2.45) is 5.41 Å². The van der Waals surface area contributed by atoms with Crippen LogP contribution in [0.5, 0.6) is 0 Å². The number of hydrogen-bond donors (Lipinski definition) is 2. The molecular formula is C21H22FNO3. The summed E-state index contributed by atoms with van der Waals surface area (Å²) in [4.78, 5) is 23.8. The Morgan fingerprint density at radius 3 is 2.35 bits per heavy atom. The largest absolute Gasteiger partial charge is 0.478 e. The number of halogens is 1. The lowest BCUT2D eigenvalue weighted by Crippen LogP contribution is -2.34. The third kappa shape index (κ3) is 3.62. The number of amides is 1. The van der Waals surface area contributed by atoms with E-state index in [0.29, 0.717) is 31.3 Å². The Labute approximate surface area is 152 Å². The molecule has 0 fully saturated rings. The average Bonchev–Trinajstić information content (AvgIpc) is 3.07. The summed E-state index contributed by atoms with van der Waals surface area (Å²) < 4.78 is 13.1. The number of nitrogens with one attached hydrogen (secondary N) is 1. The highest BCUT2D eigenvalue weighted by Crippen LogP contribution is 2.40. The highest BCUT2D eigenvalue weighted by Gasteiger charge is 2.31. The van der Waals surface area contributed by atoms with Gasteiger partial charge in [0.15, 0.2) is 0 Å². The number of hydrogen-bond acceptors (Lipinski definition) is 2. The van der Waals surface area contributed by atoms with Crippen LogP contribution in [0.4, 0.5) is 4.39 Å². The Morgan fingerprint density at radius 2 is 1.73 bits per heavy atom. The summed E-state index contributed by atoms with van der Waals surface area (Å²) in [5, 5.41) is 12.1. The monoisotopic (exact) mass is 355 g/mol. The predicted molar refractivity (Wildman–Crippen MR) is 97.5 cm³/mol. The summed E-state index contributed by atoms with van der Waals surface area (Å²) in [5.74, 6) is -1.60. The number of carboxylic acids is 1. The van der Waals surface area contributed by atoms with E-state index in [1.165, 1.54) is 12.1 Å². The maximum atomic E-state index is 13.1. The van der Waals surface area contributed by atoms with E-state index in [-0.39, 0.29) is 22.7 Å². The van der Waals surface area contributed by atoms with Crippen LogP contribution >= 0.6 is 0 Å². The maximum Gasteiger partial charge on any atom is 0.332 e. The Kier molecular flexibility index (Phi) is 4.81. The van der Waals surface area contributed by atoms with Gasteiger partial charge in [0, 0.05) is 22.3 Å². The first kappa shape index (κ1) is 18.1. The zero-order chi connectivity index (χ0) is 18.9. The molecule has 2 N–H and O–H groups in total. The van der Waals surface area contributed by atoms with Crippen molar-refractivity contribution in [3.05, 3.63) is 64.6 Å². The van der Waals surface area contributed by atoms with Crippen LogP contribution in [0.15, 0.2) is 53.3 Å². The van der Waals surface area contributed by atoms with Crippen molar-refractivity contribution >= 4 is 17.4 Å². The second kappa shape index (κ2) is 6.90. The molecule has 0 aromatic heterocycles. The second-order valence-electron chi connectivity index (χ2n) is 7.41. The molecule has 1 amide bonds. The molecule has 0 saturated heterocycles. The summed E-state index contributed by atoms with van der Waals surface area (Å²) in [6.45, 7) is 4.05. The lowest BCUT2D eigenvalue weighted by atomic mass is 9.77. The van der Waals surface area contributed by atoms with E-state index in [4.69, 9.17) is 0 Å². The van der Waals surface area contributed by atoms with Gasteiger partial charge in [-0.2, -0.15) is 0 Å². The van der Waals surface area contributed by atoms with Crippen LogP contribution in [0.2, 0.25) is 0 Å². The first-order valence-corrected chi connectivity index (χ1v) is 8.72. The number of aliphatic carboxylic acids is 1. The molecule has 2 aliphatic carbocycles. The average molecular weight is 355 g/mol. The van der Waals surface area contributed by atoms with Crippen molar-refractivity contribution in [3.8, 4) is 0 Å². The van der Waals surface area contributed by atoms with Gasteiger partial charge in [0.1, 0.15) is 5.82 Å². The van der Waals surface area contributed by atoms with Gasteiger partial charge in [-0.3, -0.25) is 4.79 Å². The molecule has 0 aliphatic heterocycles. The zero-order valence-corrected chi connectivity index (χ0v) is 14.9. The summed E-state index contributed by atoms with van der Waals surface area (Å²) in [7, 11) is 0. The quantitative estimate of drug-likeness (QED) is 0.850. The second-order valence-corrected chi connectivity index (χ2v) is 7.41. The van der Waals surface area contributed by atoms with Crippen molar-refractivity contribution in [1.82, 2.24) is 5.32 Å². The Hall–Kier alpha value is -2.69. The van der Waals surface area contributed by atoms with Crippen molar-refractivity contribution in [2.45, 2.75) is 39.5 Å². The van der Waals surface area contributed by atoms with E-state index in [1.807, 2.05) is 26.0 Å². The van der Waals surface area contributed by atoms with Gasteiger partial charge in [0.25, 0.3) is 5.91 Å². The van der Waals surface area contributed by atoms with Gasteiger partial charge in [-0.1, -0.05) is 32.1 Å². The predicted octanol–water partition coefficient (Wildman–Crippen LogP) is 4.20. The smallest absolute Gasteiger partial charge is 0.332 e. The number of carboxylic acid groups (broad SMARTS) is 1. The van der Waals surface area contributed by atoms with Crippen LogP contribution in [0, 0.1) is 11.2 Å². The molecule has 0 bridgehead atoms. The SMILES string of the molecule is CC1(C)CC(c2ccc(F)cc2)=CC=C1NC(=O)C1=C(C(=O)O)CCC1. The van der Waals surface area contributed by atoms with Crippen molar-refractivity contribution in [1.29, 1.82) is 0 Å². The van der Waals surface area contributed by atoms with E-state index in [0.717, 1.165) is 16.8 Å². The summed E-state index contributed by atoms with van der Waals surface area (Å²) in [5.41, 5.74) is 3.06. The van der Waals surface area contributed by atoms with E-state index in [1.54, 1.807) is 12.1 Å². The van der Waals surface area contributed by atoms with Crippen LogP contribution in [0.25, 0.3) is 5.57 Å². The normalized spacial score (nSPS) is 19.0. The highest BCUT2D eigenvalue weighted by atomic mass is 19.1. The van der Waals surface area contributed by atoms with Gasteiger partial charge in [-0.05, 0) is 55.0 Å². The Balaban J connectivity index is 1.83. The first-order valence-electron chi connectivity index (χ1n) is 8.72.